The molecule has 0 saturated heterocycles. The summed E-state index contributed by atoms with van der Waals surface area (Å²) < 4.78 is 18.9. The quantitative estimate of drug-likeness (QED) is 0.679. The van der Waals surface area contributed by atoms with Crippen LogP contribution >= 0.6 is 11.8 Å². The summed E-state index contributed by atoms with van der Waals surface area (Å²) >= 11 is 1.25. The van der Waals surface area contributed by atoms with Crippen LogP contribution in [0.2, 0.25) is 0 Å². The second kappa shape index (κ2) is 9.38. The van der Waals surface area contributed by atoms with Gasteiger partial charge in [0.25, 0.3) is 0 Å². The van der Waals surface area contributed by atoms with Crippen molar-refractivity contribution >= 4 is 17.7 Å². The summed E-state index contributed by atoms with van der Waals surface area (Å²) in [6.07, 6.45) is 0. The normalized spacial score (nSPS) is 10.4. The van der Waals surface area contributed by atoms with Crippen LogP contribution in [0.4, 0.5) is 4.39 Å². The van der Waals surface area contributed by atoms with E-state index in [1.807, 2.05) is 20.8 Å². The van der Waals surface area contributed by atoms with E-state index >= 15 is 0 Å². The van der Waals surface area contributed by atoms with Crippen molar-refractivity contribution in [1.29, 1.82) is 5.26 Å². The molecule has 5 nitrogen and oxygen atoms in total. The standard InChI is InChI=1S/C20H22FN3O2S/c1-13-14(2)16(11-22)20(23-15(13)3)27-12-19(25)24(4)9-10-26-18-8-6-5-7-17(18)21/h5-8H,9-10,12H2,1-4H3. The molecule has 27 heavy (non-hydrogen) atoms. The molecule has 1 amide bonds. The lowest BCUT2D eigenvalue weighted by Gasteiger charge is -2.18. The highest BCUT2D eigenvalue weighted by Crippen LogP contribution is 2.26. The highest BCUT2D eigenvalue weighted by atomic mass is 32.2. The molecule has 0 saturated carbocycles. The van der Waals surface area contributed by atoms with Crippen LogP contribution in [-0.4, -0.2) is 41.7 Å². The van der Waals surface area contributed by atoms with E-state index in [1.54, 1.807) is 25.2 Å². The van der Waals surface area contributed by atoms with Gasteiger partial charge in [-0.3, -0.25) is 4.79 Å². The maximum atomic E-state index is 13.5. The van der Waals surface area contributed by atoms with Gasteiger partial charge in [0, 0.05) is 12.7 Å². The molecule has 1 aromatic heterocycles. The molecule has 0 aliphatic rings. The maximum absolute atomic E-state index is 13.5. The van der Waals surface area contributed by atoms with Crippen molar-refractivity contribution in [1.82, 2.24) is 9.88 Å². The number of para-hydroxylation sites is 1. The minimum absolute atomic E-state index is 0.112. The molecule has 142 valence electrons. The molecule has 1 heterocycles. The number of hydrogen-bond donors (Lipinski definition) is 0. The van der Waals surface area contributed by atoms with Gasteiger partial charge < -0.3 is 9.64 Å². The summed E-state index contributed by atoms with van der Waals surface area (Å²) in [4.78, 5) is 18.3. The summed E-state index contributed by atoms with van der Waals surface area (Å²) in [5.41, 5.74) is 3.26. The van der Waals surface area contributed by atoms with Gasteiger partial charge in [-0.2, -0.15) is 5.26 Å². The number of carbonyl (C=O) groups excluding carboxylic acids is 1. The Balaban J connectivity index is 1.90. The van der Waals surface area contributed by atoms with Crippen molar-refractivity contribution in [3.05, 3.63) is 52.5 Å². The van der Waals surface area contributed by atoms with Crippen LogP contribution in [0.25, 0.3) is 0 Å². The first-order valence-electron chi connectivity index (χ1n) is 8.47. The van der Waals surface area contributed by atoms with E-state index in [4.69, 9.17) is 4.74 Å². The molecule has 0 N–H and O–H groups in total. The van der Waals surface area contributed by atoms with Crippen molar-refractivity contribution < 1.29 is 13.9 Å². The number of amides is 1. The Morgan fingerprint density at radius 2 is 2.00 bits per heavy atom. The predicted molar refractivity (Wildman–Crippen MR) is 103 cm³/mol. The average Bonchev–Trinajstić information content (AvgIpc) is 2.65. The molecule has 0 fully saturated rings. The molecule has 7 heteroatoms. The molecule has 0 radical (unpaired) electrons. The lowest BCUT2D eigenvalue weighted by molar-refractivity contribution is -0.127. The molecule has 0 bridgehead atoms. The first-order valence-corrected chi connectivity index (χ1v) is 9.45. The number of rotatable bonds is 7. The highest BCUT2D eigenvalue weighted by Gasteiger charge is 2.16. The lowest BCUT2D eigenvalue weighted by atomic mass is 10.1. The van der Waals surface area contributed by atoms with Crippen molar-refractivity contribution in [3.8, 4) is 11.8 Å². The number of pyridine rings is 1. The SMILES string of the molecule is Cc1nc(SCC(=O)N(C)CCOc2ccccc2F)c(C#N)c(C)c1C. The highest BCUT2D eigenvalue weighted by molar-refractivity contribution is 8.00. The van der Waals surface area contributed by atoms with E-state index in [9.17, 15) is 14.4 Å². The van der Waals surface area contributed by atoms with Crippen molar-refractivity contribution in [3.63, 3.8) is 0 Å². The third kappa shape index (κ3) is 5.20. The number of halogens is 1. The fraction of sp³-hybridized carbons (Fsp3) is 0.350. The molecule has 1 aromatic carbocycles. The van der Waals surface area contributed by atoms with Gasteiger partial charge in [0.05, 0.1) is 17.9 Å². The summed E-state index contributed by atoms with van der Waals surface area (Å²) in [7, 11) is 1.66. The molecule has 0 spiro atoms. The number of hydrogen-bond acceptors (Lipinski definition) is 5. The topological polar surface area (TPSA) is 66.2 Å². The number of nitriles is 1. The second-order valence-electron chi connectivity index (χ2n) is 6.12. The Kier molecular flexibility index (Phi) is 7.19. The summed E-state index contributed by atoms with van der Waals surface area (Å²) in [5, 5.41) is 9.96. The van der Waals surface area contributed by atoms with Gasteiger partial charge in [0.1, 0.15) is 17.7 Å². The number of thioether (sulfide) groups is 1. The Morgan fingerprint density at radius 3 is 2.67 bits per heavy atom. The number of aryl methyl sites for hydroxylation is 1. The van der Waals surface area contributed by atoms with E-state index in [0.717, 1.165) is 16.8 Å². The van der Waals surface area contributed by atoms with E-state index in [-0.39, 0.29) is 24.0 Å². The fourth-order valence-electron chi connectivity index (χ4n) is 2.37. The third-order valence-electron chi connectivity index (χ3n) is 4.35. The first-order chi connectivity index (χ1) is 12.8. The zero-order valence-electron chi connectivity index (χ0n) is 15.9. The molecule has 0 unspecified atom stereocenters. The van der Waals surface area contributed by atoms with Crippen LogP contribution in [0.3, 0.4) is 0 Å². The molecule has 0 atom stereocenters. The number of likely N-dealkylation sites (N-methyl/N-ethyl adjacent to an activating group) is 1. The Morgan fingerprint density at radius 1 is 1.30 bits per heavy atom. The monoisotopic (exact) mass is 387 g/mol. The Hall–Kier alpha value is -2.59. The number of benzene rings is 1. The molecular weight excluding hydrogens is 365 g/mol. The molecule has 0 aliphatic heterocycles. The smallest absolute Gasteiger partial charge is 0.232 e. The van der Waals surface area contributed by atoms with Gasteiger partial charge >= 0.3 is 0 Å². The van der Waals surface area contributed by atoms with Crippen molar-refractivity contribution in [2.24, 2.45) is 0 Å². The van der Waals surface area contributed by atoms with Crippen LogP contribution in [0.5, 0.6) is 5.75 Å². The van der Waals surface area contributed by atoms with Crippen LogP contribution in [0.1, 0.15) is 22.4 Å². The van der Waals surface area contributed by atoms with Gasteiger partial charge in [-0.15, -0.1) is 0 Å². The lowest BCUT2D eigenvalue weighted by Crippen LogP contribution is -2.32. The molecule has 2 rings (SSSR count). The minimum atomic E-state index is -0.428. The van der Waals surface area contributed by atoms with Crippen LogP contribution < -0.4 is 4.74 Å². The number of nitrogens with zero attached hydrogens (tertiary/aromatic N) is 3. The Labute approximate surface area is 163 Å². The van der Waals surface area contributed by atoms with E-state index in [0.29, 0.717) is 17.1 Å². The molecule has 0 aliphatic carbocycles. The van der Waals surface area contributed by atoms with Gasteiger partial charge in [0.2, 0.25) is 5.91 Å². The van der Waals surface area contributed by atoms with Gasteiger partial charge in [0.15, 0.2) is 11.6 Å². The average molecular weight is 387 g/mol. The largest absolute Gasteiger partial charge is 0.489 e. The van der Waals surface area contributed by atoms with Crippen LogP contribution in [-0.2, 0) is 4.79 Å². The number of ether oxygens (including phenoxy) is 1. The number of aromatic nitrogens is 1. The van der Waals surface area contributed by atoms with Gasteiger partial charge in [-0.25, -0.2) is 9.37 Å². The predicted octanol–water partition coefficient (Wildman–Crippen LogP) is 3.65. The molecular formula is C20H22FN3O2S. The zero-order valence-corrected chi connectivity index (χ0v) is 16.7. The van der Waals surface area contributed by atoms with E-state index < -0.39 is 5.82 Å². The summed E-state index contributed by atoms with van der Waals surface area (Å²) in [6.45, 7) is 6.24. The fourth-order valence-corrected chi connectivity index (χ4v) is 3.39. The van der Waals surface area contributed by atoms with Gasteiger partial charge in [-0.1, -0.05) is 23.9 Å². The van der Waals surface area contributed by atoms with Crippen LogP contribution in [0.15, 0.2) is 29.3 Å². The first kappa shape index (κ1) is 20.7. The molecule has 2 aromatic rings. The minimum Gasteiger partial charge on any atom is -0.489 e. The van der Waals surface area contributed by atoms with Gasteiger partial charge in [-0.05, 0) is 44.0 Å². The second-order valence-corrected chi connectivity index (χ2v) is 7.09. The third-order valence-corrected chi connectivity index (χ3v) is 5.31. The van der Waals surface area contributed by atoms with Crippen LogP contribution in [0, 0.1) is 37.9 Å². The zero-order chi connectivity index (χ0) is 20.0. The number of carbonyl (C=O) groups is 1. The van der Waals surface area contributed by atoms with E-state index in [2.05, 4.69) is 11.1 Å². The van der Waals surface area contributed by atoms with Crippen molar-refractivity contribution in [2.45, 2.75) is 25.8 Å². The summed E-state index contributed by atoms with van der Waals surface area (Å²) in [6, 6.07) is 8.33. The van der Waals surface area contributed by atoms with E-state index in [1.165, 1.54) is 22.7 Å². The summed E-state index contributed by atoms with van der Waals surface area (Å²) in [5.74, 6) is -0.207. The Bertz CT molecular complexity index is 880. The van der Waals surface area contributed by atoms with Crippen molar-refractivity contribution in [2.75, 3.05) is 26.0 Å². The maximum Gasteiger partial charge on any atom is 0.232 e.